The number of halogens is 2. The number of primary amides is 1. The Morgan fingerprint density at radius 2 is 2.14 bits per heavy atom. The van der Waals surface area contributed by atoms with Crippen LogP contribution in [-0.2, 0) is 6.54 Å². The Morgan fingerprint density at radius 1 is 1.41 bits per heavy atom. The van der Waals surface area contributed by atoms with Crippen molar-refractivity contribution in [2.45, 2.75) is 6.54 Å². The van der Waals surface area contributed by atoms with E-state index in [4.69, 9.17) is 11.0 Å². The Hall–Kier alpha value is -2.39. The molecule has 4 nitrogen and oxygen atoms in total. The van der Waals surface area contributed by atoms with Gasteiger partial charge in [0.25, 0.3) is 5.91 Å². The zero-order chi connectivity index (χ0) is 16.3. The van der Waals surface area contributed by atoms with Gasteiger partial charge in [-0.2, -0.15) is 5.26 Å². The van der Waals surface area contributed by atoms with Crippen LogP contribution in [0.15, 0.2) is 40.9 Å². The molecule has 0 spiro atoms. The van der Waals surface area contributed by atoms with E-state index in [1.54, 1.807) is 36.2 Å². The van der Waals surface area contributed by atoms with Gasteiger partial charge < -0.3 is 10.6 Å². The molecule has 0 fully saturated rings. The molecule has 2 aromatic rings. The molecule has 1 amide bonds. The third kappa shape index (κ3) is 3.43. The minimum atomic E-state index is -0.822. The second-order valence-electron chi connectivity index (χ2n) is 4.81. The highest BCUT2D eigenvalue weighted by molar-refractivity contribution is 9.10. The number of hydrogen-bond acceptors (Lipinski definition) is 3. The summed E-state index contributed by atoms with van der Waals surface area (Å²) in [6.45, 7) is 0.408. The van der Waals surface area contributed by atoms with E-state index in [2.05, 4.69) is 22.0 Å². The predicted octanol–water partition coefficient (Wildman–Crippen LogP) is 3.20. The summed E-state index contributed by atoms with van der Waals surface area (Å²) < 4.78 is 14.5. The molecule has 2 aromatic carbocycles. The maximum atomic E-state index is 14.0. The van der Waals surface area contributed by atoms with Gasteiger partial charge in [0.15, 0.2) is 0 Å². The summed E-state index contributed by atoms with van der Waals surface area (Å²) in [5.41, 5.74) is 6.93. The first-order valence-corrected chi connectivity index (χ1v) is 7.20. The van der Waals surface area contributed by atoms with E-state index in [-0.39, 0.29) is 5.56 Å². The standard InChI is InChI=1S/C16H13BrFN3O/c1-21(9-11-4-2-3-10(5-11)8-19)14-7-12(17)6-13(18)15(14)16(20)22/h2-7H,9H2,1H3,(H2,20,22). The largest absolute Gasteiger partial charge is 0.370 e. The van der Waals surface area contributed by atoms with Crippen molar-refractivity contribution in [1.82, 2.24) is 0 Å². The molecule has 112 valence electrons. The van der Waals surface area contributed by atoms with Gasteiger partial charge in [-0.15, -0.1) is 0 Å². The number of nitrogens with zero attached hydrogens (tertiary/aromatic N) is 2. The first-order chi connectivity index (χ1) is 10.4. The maximum Gasteiger partial charge on any atom is 0.253 e. The van der Waals surface area contributed by atoms with Crippen molar-refractivity contribution in [2.24, 2.45) is 5.73 Å². The summed E-state index contributed by atoms with van der Waals surface area (Å²) >= 11 is 3.21. The third-order valence-corrected chi connectivity index (χ3v) is 3.63. The van der Waals surface area contributed by atoms with Crippen LogP contribution in [0, 0.1) is 17.1 Å². The van der Waals surface area contributed by atoms with Gasteiger partial charge in [-0.1, -0.05) is 28.1 Å². The number of rotatable bonds is 4. The molecule has 0 aromatic heterocycles. The second-order valence-corrected chi connectivity index (χ2v) is 5.73. The fraction of sp³-hybridized carbons (Fsp3) is 0.125. The smallest absolute Gasteiger partial charge is 0.253 e. The molecular formula is C16H13BrFN3O. The molecule has 2 rings (SSSR count). The van der Waals surface area contributed by atoms with Crippen molar-refractivity contribution < 1.29 is 9.18 Å². The summed E-state index contributed by atoms with van der Waals surface area (Å²) in [5, 5.41) is 8.92. The molecule has 0 unspecified atom stereocenters. The van der Waals surface area contributed by atoms with Gasteiger partial charge in [0.2, 0.25) is 0 Å². The van der Waals surface area contributed by atoms with Crippen molar-refractivity contribution in [3.8, 4) is 6.07 Å². The zero-order valence-electron chi connectivity index (χ0n) is 11.8. The number of carbonyl (C=O) groups excluding carboxylic acids is 1. The number of carbonyl (C=O) groups is 1. The molecule has 0 aliphatic heterocycles. The van der Waals surface area contributed by atoms with Gasteiger partial charge in [0, 0.05) is 18.1 Å². The van der Waals surface area contributed by atoms with Crippen LogP contribution in [-0.4, -0.2) is 13.0 Å². The summed E-state index contributed by atoms with van der Waals surface area (Å²) in [4.78, 5) is 13.2. The molecule has 0 atom stereocenters. The molecular weight excluding hydrogens is 349 g/mol. The summed E-state index contributed by atoms with van der Waals surface area (Å²) in [7, 11) is 1.73. The van der Waals surface area contributed by atoms with Crippen LogP contribution in [0.25, 0.3) is 0 Å². The van der Waals surface area contributed by atoms with Gasteiger partial charge in [-0.05, 0) is 29.8 Å². The van der Waals surface area contributed by atoms with E-state index < -0.39 is 11.7 Å². The van der Waals surface area contributed by atoms with Crippen molar-refractivity contribution >= 4 is 27.5 Å². The van der Waals surface area contributed by atoms with Gasteiger partial charge in [-0.3, -0.25) is 4.79 Å². The van der Waals surface area contributed by atoms with Crippen LogP contribution in [0.5, 0.6) is 0 Å². The topological polar surface area (TPSA) is 70.1 Å². The van der Waals surface area contributed by atoms with Crippen molar-refractivity contribution in [3.05, 3.63) is 63.4 Å². The highest BCUT2D eigenvalue weighted by atomic mass is 79.9. The van der Waals surface area contributed by atoms with E-state index in [0.717, 1.165) is 5.56 Å². The van der Waals surface area contributed by atoms with E-state index >= 15 is 0 Å². The highest BCUT2D eigenvalue weighted by Gasteiger charge is 2.18. The summed E-state index contributed by atoms with van der Waals surface area (Å²) in [5.74, 6) is -1.49. The highest BCUT2D eigenvalue weighted by Crippen LogP contribution is 2.28. The lowest BCUT2D eigenvalue weighted by atomic mass is 10.1. The van der Waals surface area contributed by atoms with Crippen LogP contribution in [0.3, 0.4) is 0 Å². The minimum absolute atomic E-state index is 0.151. The lowest BCUT2D eigenvalue weighted by Crippen LogP contribution is -2.23. The van der Waals surface area contributed by atoms with Gasteiger partial charge in [0.05, 0.1) is 22.9 Å². The summed E-state index contributed by atoms with van der Waals surface area (Å²) in [6, 6.07) is 12.0. The van der Waals surface area contributed by atoms with Crippen LogP contribution in [0.1, 0.15) is 21.5 Å². The van der Waals surface area contributed by atoms with Crippen LogP contribution >= 0.6 is 15.9 Å². The second kappa shape index (κ2) is 6.58. The molecule has 6 heteroatoms. The Kier molecular flexibility index (Phi) is 4.78. The lowest BCUT2D eigenvalue weighted by Gasteiger charge is -2.22. The first-order valence-electron chi connectivity index (χ1n) is 6.41. The molecule has 0 heterocycles. The van der Waals surface area contributed by atoms with Crippen molar-refractivity contribution in [3.63, 3.8) is 0 Å². The molecule has 0 aliphatic rings. The number of benzene rings is 2. The van der Waals surface area contributed by atoms with Gasteiger partial charge in [-0.25, -0.2) is 4.39 Å². The predicted molar refractivity (Wildman–Crippen MR) is 85.9 cm³/mol. The van der Waals surface area contributed by atoms with E-state index in [1.807, 2.05) is 6.07 Å². The fourth-order valence-electron chi connectivity index (χ4n) is 2.20. The number of hydrogen-bond donors (Lipinski definition) is 1. The Bertz CT molecular complexity index is 770. The summed E-state index contributed by atoms with van der Waals surface area (Å²) in [6.07, 6.45) is 0. The van der Waals surface area contributed by atoms with Crippen molar-refractivity contribution in [2.75, 3.05) is 11.9 Å². The molecule has 0 bridgehead atoms. The van der Waals surface area contributed by atoms with Crippen molar-refractivity contribution in [1.29, 1.82) is 5.26 Å². The average molecular weight is 362 g/mol. The molecule has 0 radical (unpaired) electrons. The lowest BCUT2D eigenvalue weighted by molar-refractivity contribution is 0.0997. The normalized spacial score (nSPS) is 10.1. The quantitative estimate of drug-likeness (QED) is 0.908. The molecule has 22 heavy (non-hydrogen) atoms. The number of nitrogens with two attached hydrogens (primary N) is 1. The zero-order valence-corrected chi connectivity index (χ0v) is 13.4. The fourth-order valence-corrected chi connectivity index (χ4v) is 2.62. The number of anilines is 1. The molecule has 2 N–H and O–H groups in total. The van der Waals surface area contributed by atoms with Crippen LogP contribution < -0.4 is 10.6 Å². The SMILES string of the molecule is CN(Cc1cccc(C#N)c1)c1cc(Br)cc(F)c1C(N)=O. The van der Waals surface area contributed by atoms with Crippen LogP contribution in [0.4, 0.5) is 10.1 Å². The van der Waals surface area contributed by atoms with Gasteiger partial charge >= 0.3 is 0 Å². The molecule has 0 aliphatic carbocycles. The Balaban J connectivity index is 2.39. The van der Waals surface area contributed by atoms with E-state index in [9.17, 15) is 9.18 Å². The molecule has 0 saturated heterocycles. The maximum absolute atomic E-state index is 14.0. The number of amides is 1. The molecule has 0 saturated carbocycles. The minimum Gasteiger partial charge on any atom is -0.370 e. The van der Waals surface area contributed by atoms with Gasteiger partial charge in [0.1, 0.15) is 5.82 Å². The average Bonchev–Trinajstić information content (AvgIpc) is 2.46. The first kappa shape index (κ1) is 16.0. The number of nitriles is 1. The monoisotopic (exact) mass is 361 g/mol. The Labute approximate surface area is 136 Å². The van der Waals surface area contributed by atoms with Crippen LogP contribution in [0.2, 0.25) is 0 Å². The third-order valence-electron chi connectivity index (χ3n) is 3.17. The Morgan fingerprint density at radius 3 is 2.77 bits per heavy atom. The van der Waals surface area contributed by atoms with E-state index in [0.29, 0.717) is 22.3 Å². The van der Waals surface area contributed by atoms with E-state index in [1.165, 1.54) is 6.07 Å².